The van der Waals surface area contributed by atoms with E-state index in [0.29, 0.717) is 12.2 Å². The molecule has 20 heavy (non-hydrogen) atoms. The summed E-state index contributed by atoms with van der Waals surface area (Å²) in [6, 6.07) is 7.48. The number of nitrogen functional groups attached to an aromatic ring is 1. The van der Waals surface area contributed by atoms with Crippen molar-refractivity contribution in [2.45, 2.75) is 6.92 Å². The van der Waals surface area contributed by atoms with Gasteiger partial charge in [-0.3, -0.25) is 4.79 Å². The van der Waals surface area contributed by atoms with Gasteiger partial charge in [-0.25, -0.2) is 9.37 Å². The summed E-state index contributed by atoms with van der Waals surface area (Å²) < 4.78 is 13.8. The summed E-state index contributed by atoms with van der Waals surface area (Å²) in [5, 5.41) is 0.0407. The van der Waals surface area contributed by atoms with Crippen LogP contribution in [0.4, 0.5) is 15.8 Å². The van der Waals surface area contributed by atoms with Crippen LogP contribution in [-0.2, 0) is 0 Å². The van der Waals surface area contributed by atoms with Gasteiger partial charge in [0.25, 0.3) is 5.91 Å². The highest BCUT2D eigenvalue weighted by atomic mass is 35.5. The zero-order chi connectivity index (χ0) is 14.7. The molecule has 1 heterocycles. The van der Waals surface area contributed by atoms with E-state index in [4.69, 9.17) is 17.3 Å². The first-order valence-corrected chi connectivity index (χ1v) is 6.39. The lowest BCUT2D eigenvalue weighted by molar-refractivity contribution is 0.0987. The van der Waals surface area contributed by atoms with E-state index >= 15 is 0 Å². The smallest absolute Gasteiger partial charge is 0.261 e. The van der Waals surface area contributed by atoms with Crippen LogP contribution in [0.5, 0.6) is 0 Å². The molecule has 0 bridgehead atoms. The molecule has 1 amide bonds. The van der Waals surface area contributed by atoms with Gasteiger partial charge < -0.3 is 10.6 Å². The second-order valence-corrected chi connectivity index (χ2v) is 4.47. The first kappa shape index (κ1) is 14.3. The van der Waals surface area contributed by atoms with Gasteiger partial charge in [0.05, 0.1) is 23.1 Å². The minimum Gasteiger partial charge on any atom is -0.397 e. The van der Waals surface area contributed by atoms with Gasteiger partial charge in [0.1, 0.15) is 11.0 Å². The summed E-state index contributed by atoms with van der Waals surface area (Å²) in [6.45, 7) is 2.04. The number of amides is 1. The van der Waals surface area contributed by atoms with Crippen LogP contribution >= 0.6 is 11.6 Å². The number of carbonyl (C=O) groups excluding carboxylic acids is 1. The number of hydrogen-bond acceptors (Lipinski definition) is 3. The fraction of sp³-hybridized carbons (Fsp3) is 0.143. The van der Waals surface area contributed by atoms with Crippen LogP contribution in [-0.4, -0.2) is 17.4 Å². The van der Waals surface area contributed by atoms with E-state index in [2.05, 4.69) is 4.98 Å². The Kier molecular flexibility index (Phi) is 4.20. The Morgan fingerprint density at radius 2 is 2.15 bits per heavy atom. The van der Waals surface area contributed by atoms with Crippen molar-refractivity contribution in [1.29, 1.82) is 0 Å². The molecule has 104 valence electrons. The van der Waals surface area contributed by atoms with E-state index in [1.807, 2.05) is 0 Å². The Hall–Kier alpha value is -2.14. The molecule has 2 rings (SSSR count). The van der Waals surface area contributed by atoms with Crippen molar-refractivity contribution >= 4 is 28.9 Å². The third kappa shape index (κ3) is 2.72. The fourth-order valence-corrected chi connectivity index (χ4v) is 2.04. The second-order valence-electron chi connectivity index (χ2n) is 4.11. The van der Waals surface area contributed by atoms with Gasteiger partial charge in [-0.1, -0.05) is 23.7 Å². The maximum atomic E-state index is 13.8. The Morgan fingerprint density at radius 1 is 1.45 bits per heavy atom. The van der Waals surface area contributed by atoms with E-state index in [9.17, 15) is 9.18 Å². The predicted molar refractivity (Wildman–Crippen MR) is 77.4 cm³/mol. The molecule has 0 spiro atoms. The Balaban J connectivity index is 2.45. The van der Waals surface area contributed by atoms with Crippen LogP contribution in [0, 0.1) is 5.82 Å². The Morgan fingerprint density at radius 3 is 2.80 bits per heavy atom. The fourth-order valence-electron chi connectivity index (χ4n) is 1.85. The number of para-hydroxylation sites is 1. The number of nitrogens with zero attached hydrogens (tertiary/aromatic N) is 2. The van der Waals surface area contributed by atoms with Crippen molar-refractivity contribution in [2.75, 3.05) is 17.2 Å². The summed E-state index contributed by atoms with van der Waals surface area (Å²) >= 11 is 5.91. The Bertz CT molecular complexity index is 648. The summed E-state index contributed by atoms with van der Waals surface area (Å²) in [5.41, 5.74) is 6.27. The first-order valence-electron chi connectivity index (χ1n) is 6.02. The van der Waals surface area contributed by atoms with Crippen molar-refractivity contribution in [3.05, 3.63) is 53.1 Å². The molecule has 0 fully saturated rings. The quantitative estimate of drug-likeness (QED) is 0.885. The molecule has 4 nitrogen and oxygen atoms in total. The second kappa shape index (κ2) is 5.88. The molecule has 0 aliphatic carbocycles. The average molecular weight is 294 g/mol. The Labute approximate surface area is 121 Å². The topological polar surface area (TPSA) is 59.2 Å². The standard InChI is InChI=1S/C14H13ClFN3O/c1-2-19(12-6-4-3-5-11(12)16)14(20)10-7-9(17)8-18-13(10)15/h3-8H,2,17H2,1H3. The van der Waals surface area contributed by atoms with Gasteiger partial charge in [0.15, 0.2) is 0 Å². The lowest BCUT2D eigenvalue weighted by atomic mass is 10.2. The maximum Gasteiger partial charge on any atom is 0.261 e. The van der Waals surface area contributed by atoms with Crippen LogP contribution in [0.1, 0.15) is 17.3 Å². The van der Waals surface area contributed by atoms with Crippen molar-refractivity contribution in [2.24, 2.45) is 0 Å². The van der Waals surface area contributed by atoms with Crippen molar-refractivity contribution in [3.8, 4) is 0 Å². The molecular formula is C14H13ClFN3O. The molecule has 0 radical (unpaired) electrons. The number of hydrogen-bond donors (Lipinski definition) is 1. The predicted octanol–water partition coefficient (Wildman–Crippen LogP) is 3.12. The molecule has 0 aliphatic heterocycles. The third-order valence-corrected chi connectivity index (χ3v) is 3.10. The molecule has 0 saturated heterocycles. The van der Waals surface area contributed by atoms with Crippen molar-refractivity contribution in [3.63, 3.8) is 0 Å². The number of carbonyl (C=O) groups is 1. The number of anilines is 2. The summed E-state index contributed by atoms with van der Waals surface area (Å²) in [7, 11) is 0. The average Bonchev–Trinajstić information content (AvgIpc) is 2.44. The van der Waals surface area contributed by atoms with E-state index in [0.717, 1.165) is 0 Å². The van der Waals surface area contributed by atoms with Crippen LogP contribution in [0.2, 0.25) is 5.15 Å². The molecule has 1 aromatic heterocycles. The van der Waals surface area contributed by atoms with Crippen LogP contribution in [0.15, 0.2) is 36.5 Å². The number of halogens is 2. The van der Waals surface area contributed by atoms with E-state index < -0.39 is 11.7 Å². The number of pyridine rings is 1. The highest BCUT2D eigenvalue weighted by Gasteiger charge is 2.21. The molecule has 0 saturated carbocycles. The first-order chi connectivity index (χ1) is 9.54. The zero-order valence-corrected chi connectivity index (χ0v) is 11.6. The van der Waals surface area contributed by atoms with Gasteiger partial charge in [-0.2, -0.15) is 0 Å². The normalized spacial score (nSPS) is 10.3. The van der Waals surface area contributed by atoms with Crippen molar-refractivity contribution in [1.82, 2.24) is 4.98 Å². The summed E-state index contributed by atoms with van der Waals surface area (Å²) in [4.78, 5) is 17.6. The van der Waals surface area contributed by atoms with E-state index in [-0.39, 0.29) is 16.4 Å². The lowest BCUT2D eigenvalue weighted by Gasteiger charge is -2.22. The van der Waals surface area contributed by atoms with Gasteiger partial charge >= 0.3 is 0 Å². The molecule has 6 heteroatoms. The summed E-state index contributed by atoms with van der Waals surface area (Å²) in [5.74, 6) is -0.918. The monoisotopic (exact) mass is 293 g/mol. The maximum absolute atomic E-state index is 13.8. The van der Waals surface area contributed by atoms with Gasteiger partial charge in [0, 0.05) is 6.54 Å². The van der Waals surface area contributed by atoms with Gasteiger partial charge in [-0.15, -0.1) is 0 Å². The van der Waals surface area contributed by atoms with E-state index in [1.165, 1.54) is 29.3 Å². The van der Waals surface area contributed by atoms with Crippen LogP contribution in [0.3, 0.4) is 0 Å². The molecule has 2 N–H and O–H groups in total. The minimum absolute atomic E-state index is 0.0407. The van der Waals surface area contributed by atoms with Gasteiger partial charge in [0.2, 0.25) is 0 Å². The third-order valence-electron chi connectivity index (χ3n) is 2.80. The zero-order valence-electron chi connectivity index (χ0n) is 10.8. The molecule has 2 aromatic rings. The summed E-state index contributed by atoms with van der Waals surface area (Å²) in [6.07, 6.45) is 1.36. The largest absolute Gasteiger partial charge is 0.397 e. The number of aromatic nitrogens is 1. The van der Waals surface area contributed by atoms with Crippen molar-refractivity contribution < 1.29 is 9.18 Å². The molecule has 0 unspecified atom stereocenters. The molecule has 1 aromatic carbocycles. The molecule has 0 atom stereocenters. The van der Waals surface area contributed by atoms with Crippen LogP contribution < -0.4 is 10.6 Å². The van der Waals surface area contributed by atoms with Crippen LogP contribution in [0.25, 0.3) is 0 Å². The highest BCUT2D eigenvalue weighted by Crippen LogP contribution is 2.24. The van der Waals surface area contributed by atoms with E-state index in [1.54, 1.807) is 19.1 Å². The number of nitrogens with two attached hydrogens (primary N) is 1. The van der Waals surface area contributed by atoms with Gasteiger partial charge in [-0.05, 0) is 25.1 Å². The lowest BCUT2D eigenvalue weighted by Crippen LogP contribution is -2.31. The molecule has 0 aliphatic rings. The minimum atomic E-state index is -0.476. The number of benzene rings is 1. The number of rotatable bonds is 3. The SMILES string of the molecule is CCN(C(=O)c1cc(N)cnc1Cl)c1ccccc1F. The molecular weight excluding hydrogens is 281 g/mol. The highest BCUT2D eigenvalue weighted by molar-refractivity contribution is 6.33.